The molecule has 88 valence electrons. The van der Waals surface area contributed by atoms with Gasteiger partial charge < -0.3 is 4.74 Å². The molecule has 2 rings (SSSR count). The fourth-order valence-electron chi connectivity index (χ4n) is 1.92. The summed E-state index contributed by atoms with van der Waals surface area (Å²) >= 11 is 0. The Balaban J connectivity index is 2.65. The van der Waals surface area contributed by atoms with Crippen LogP contribution in [-0.2, 0) is 5.92 Å². The van der Waals surface area contributed by atoms with E-state index in [-0.39, 0.29) is 11.3 Å². The lowest BCUT2D eigenvalue weighted by atomic mass is 9.88. The molecule has 0 saturated carbocycles. The summed E-state index contributed by atoms with van der Waals surface area (Å²) in [6.07, 6.45) is -0.695. The molecular formula is C12H13F3O. The minimum Gasteiger partial charge on any atom is -0.487 e. The van der Waals surface area contributed by atoms with Crippen LogP contribution in [0.3, 0.4) is 0 Å². The maximum absolute atomic E-state index is 14.0. The van der Waals surface area contributed by atoms with Crippen molar-refractivity contribution in [3.63, 3.8) is 0 Å². The molecule has 2 unspecified atom stereocenters. The maximum atomic E-state index is 14.0. The van der Waals surface area contributed by atoms with E-state index in [2.05, 4.69) is 0 Å². The first-order chi connectivity index (χ1) is 7.34. The smallest absolute Gasteiger partial charge is 0.282 e. The Hall–Kier alpha value is -1.19. The lowest BCUT2D eigenvalue weighted by Gasteiger charge is -2.36. The molecule has 1 heterocycles. The summed E-state index contributed by atoms with van der Waals surface area (Å²) in [5.41, 5.74) is 0.136. The predicted octanol–water partition coefficient (Wildman–Crippen LogP) is 3.64. The molecule has 0 spiro atoms. The second-order valence-electron chi connectivity index (χ2n) is 4.36. The Morgan fingerprint density at radius 1 is 1.25 bits per heavy atom. The molecule has 1 aliphatic heterocycles. The second-order valence-corrected chi connectivity index (χ2v) is 4.36. The van der Waals surface area contributed by atoms with E-state index in [1.807, 2.05) is 0 Å². The molecule has 16 heavy (non-hydrogen) atoms. The highest BCUT2D eigenvalue weighted by Gasteiger charge is 2.49. The zero-order chi connectivity index (χ0) is 12.1. The Morgan fingerprint density at radius 3 is 2.50 bits per heavy atom. The van der Waals surface area contributed by atoms with Crippen molar-refractivity contribution in [2.24, 2.45) is 5.92 Å². The molecule has 0 amide bonds. The largest absolute Gasteiger partial charge is 0.487 e. The summed E-state index contributed by atoms with van der Waals surface area (Å²) in [4.78, 5) is 0. The van der Waals surface area contributed by atoms with Gasteiger partial charge in [-0.1, -0.05) is 6.92 Å². The molecule has 0 saturated heterocycles. The zero-order valence-corrected chi connectivity index (χ0v) is 9.35. The number of aryl methyl sites for hydroxylation is 1. The van der Waals surface area contributed by atoms with Gasteiger partial charge in [0.1, 0.15) is 6.10 Å². The monoisotopic (exact) mass is 230 g/mol. The summed E-state index contributed by atoms with van der Waals surface area (Å²) in [6, 6.07) is 2.50. The lowest BCUT2D eigenvalue weighted by Crippen LogP contribution is -2.40. The number of rotatable bonds is 0. The number of halogens is 3. The van der Waals surface area contributed by atoms with Crippen LogP contribution in [0.1, 0.15) is 25.0 Å². The minimum absolute atomic E-state index is 0.304. The van der Waals surface area contributed by atoms with Crippen molar-refractivity contribution in [1.82, 2.24) is 0 Å². The van der Waals surface area contributed by atoms with Crippen molar-refractivity contribution in [3.8, 4) is 5.75 Å². The van der Waals surface area contributed by atoms with Crippen LogP contribution in [0.4, 0.5) is 13.2 Å². The average Bonchev–Trinajstić information content (AvgIpc) is 2.18. The highest BCUT2D eigenvalue weighted by molar-refractivity contribution is 5.43. The molecule has 2 atom stereocenters. The molecule has 1 aromatic carbocycles. The van der Waals surface area contributed by atoms with Gasteiger partial charge in [0.25, 0.3) is 5.92 Å². The zero-order valence-electron chi connectivity index (χ0n) is 9.35. The summed E-state index contributed by atoms with van der Waals surface area (Å²) in [7, 11) is 0. The van der Waals surface area contributed by atoms with E-state index < -0.39 is 23.8 Å². The van der Waals surface area contributed by atoms with Gasteiger partial charge in [-0.15, -0.1) is 0 Å². The van der Waals surface area contributed by atoms with Crippen LogP contribution in [0.5, 0.6) is 5.75 Å². The van der Waals surface area contributed by atoms with Crippen LogP contribution in [0.25, 0.3) is 0 Å². The van der Waals surface area contributed by atoms with Crippen LogP contribution in [0.15, 0.2) is 12.1 Å². The lowest BCUT2D eigenvalue weighted by molar-refractivity contribution is -0.113. The van der Waals surface area contributed by atoms with Crippen molar-refractivity contribution < 1.29 is 17.9 Å². The summed E-state index contributed by atoms with van der Waals surface area (Å²) < 4.78 is 46.6. The molecule has 0 fully saturated rings. The Kier molecular flexibility index (Phi) is 2.40. The average molecular weight is 230 g/mol. The van der Waals surface area contributed by atoms with Crippen LogP contribution in [-0.4, -0.2) is 6.10 Å². The van der Waals surface area contributed by atoms with Crippen LogP contribution >= 0.6 is 0 Å². The van der Waals surface area contributed by atoms with E-state index >= 15 is 0 Å². The third kappa shape index (κ3) is 1.47. The highest BCUT2D eigenvalue weighted by atomic mass is 19.3. The molecular weight excluding hydrogens is 217 g/mol. The third-order valence-electron chi connectivity index (χ3n) is 3.13. The van der Waals surface area contributed by atoms with Gasteiger partial charge in [0.2, 0.25) is 0 Å². The van der Waals surface area contributed by atoms with E-state index in [0.29, 0.717) is 5.56 Å². The Morgan fingerprint density at radius 2 is 1.88 bits per heavy atom. The highest BCUT2D eigenvalue weighted by Crippen LogP contribution is 2.48. The van der Waals surface area contributed by atoms with Crippen LogP contribution in [0, 0.1) is 18.7 Å². The molecule has 1 aromatic rings. The molecule has 0 radical (unpaired) electrons. The summed E-state index contributed by atoms with van der Waals surface area (Å²) in [6.45, 7) is 4.52. The van der Waals surface area contributed by atoms with E-state index in [0.717, 1.165) is 0 Å². The fourth-order valence-corrected chi connectivity index (χ4v) is 1.92. The molecule has 1 aliphatic rings. The SMILES string of the molecule is Cc1cc(F)c2c(c1)C(F)(F)C(C)C(C)O2. The topological polar surface area (TPSA) is 9.23 Å². The maximum Gasteiger partial charge on any atom is 0.282 e. The van der Waals surface area contributed by atoms with Gasteiger partial charge in [-0.3, -0.25) is 0 Å². The van der Waals surface area contributed by atoms with Crippen molar-refractivity contribution in [1.29, 1.82) is 0 Å². The number of hydrogen-bond acceptors (Lipinski definition) is 1. The summed E-state index contributed by atoms with van der Waals surface area (Å²) in [5, 5.41) is 0. The van der Waals surface area contributed by atoms with E-state index in [4.69, 9.17) is 4.74 Å². The van der Waals surface area contributed by atoms with E-state index in [1.165, 1.54) is 26.0 Å². The molecule has 0 aromatic heterocycles. The Bertz CT molecular complexity index is 429. The molecule has 4 heteroatoms. The van der Waals surface area contributed by atoms with Crippen molar-refractivity contribution >= 4 is 0 Å². The van der Waals surface area contributed by atoms with Gasteiger partial charge in [-0.05, 0) is 31.5 Å². The third-order valence-corrected chi connectivity index (χ3v) is 3.13. The van der Waals surface area contributed by atoms with Crippen molar-refractivity contribution in [2.45, 2.75) is 32.8 Å². The van der Waals surface area contributed by atoms with Gasteiger partial charge in [-0.25, -0.2) is 13.2 Å². The van der Waals surface area contributed by atoms with E-state index in [1.54, 1.807) is 6.92 Å². The van der Waals surface area contributed by atoms with Gasteiger partial charge in [0.15, 0.2) is 11.6 Å². The number of hydrogen-bond donors (Lipinski definition) is 0. The normalized spacial score (nSPS) is 27.1. The van der Waals surface area contributed by atoms with Gasteiger partial charge >= 0.3 is 0 Å². The molecule has 0 N–H and O–H groups in total. The van der Waals surface area contributed by atoms with Gasteiger partial charge in [0.05, 0.1) is 11.5 Å². The quantitative estimate of drug-likeness (QED) is 0.661. The number of ether oxygens (including phenoxy) is 1. The minimum atomic E-state index is -3.04. The van der Waals surface area contributed by atoms with Crippen LogP contribution in [0.2, 0.25) is 0 Å². The number of benzene rings is 1. The van der Waals surface area contributed by atoms with Crippen molar-refractivity contribution in [3.05, 3.63) is 29.1 Å². The predicted molar refractivity (Wildman–Crippen MR) is 54.3 cm³/mol. The number of alkyl halides is 2. The van der Waals surface area contributed by atoms with Crippen LogP contribution < -0.4 is 4.74 Å². The van der Waals surface area contributed by atoms with Gasteiger partial charge in [-0.2, -0.15) is 0 Å². The second kappa shape index (κ2) is 3.40. The summed E-state index contributed by atoms with van der Waals surface area (Å²) in [5.74, 6) is -5.02. The number of fused-ring (bicyclic) bond motifs is 1. The fraction of sp³-hybridized carbons (Fsp3) is 0.500. The first-order valence-corrected chi connectivity index (χ1v) is 5.19. The van der Waals surface area contributed by atoms with Gasteiger partial charge in [0, 0.05) is 0 Å². The molecule has 1 nitrogen and oxygen atoms in total. The van der Waals surface area contributed by atoms with Crippen molar-refractivity contribution in [2.75, 3.05) is 0 Å². The molecule has 0 bridgehead atoms. The standard InChI is InChI=1S/C12H13F3O/c1-6-4-9-11(10(13)5-6)16-8(3)7(2)12(9,14)15/h4-5,7-8H,1-3H3. The van der Waals surface area contributed by atoms with E-state index in [9.17, 15) is 13.2 Å². The Labute approximate surface area is 92.2 Å². The molecule has 0 aliphatic carbocycles. The first kappa shape index (κ1) is 11.3. The first-order valence-electron chi connectivity index (χ1n) is 5.19.